The van der Waals surface area contributed by atoms with Crippen molar-refractivity contribution in [1.29, 1.82) is 0 Å². The molecule has 0 aliphatic carbocycles. The molecule has 23 heavy (non-hydrogen) atoms. The lowest BCUT2D eigenvalue weighted by Crippen LogP contribution is -2.56. The number of amides is 2. The first-order valence-electron chi connectivity index (χ1n) is 7.61. The molecule has 4 unspecified atom stereocenters. The zero-order valence-corrected chi connectivity index (χ0v) is 13.8. The number of nitrogens with one attached hydrogen (secondary N) is 1. The molecule has 5 nitrogen and oxygen atoms in total. The van der Waals surface area contributed by atoms with Gasteiger partial charge in [-0.2, -0.15) is 13.2 Å². The number of hydrogen-bond donors (Lipinski definition) is 2. The zero-order chi connectivity index (χ0) is 16.5. The molecule has 2 saturated heterocycles. The number of alkyl halides is 3. The molecule has 2 rings (SSSR count). The minimum atomic E-state index is -4.46. The average Bonchev–Trinajstić information content (AvgIpc) is 2.45. The van der Waals surface area contributed by atoms with E-state index in [0.29, 0.717) is 13.1 Å². The van der Waals surface area contributed by atoms with Crippen molar-refractivity contribution in [3.8, 4) is 0 Å². The number of halogens is 4. The maximum absolute atomic E-state index is 12.6. The van der Waals surface area contributed by atoms with Crippen molar-refractivity contribution in [1.82, 2.24) is 10.2 Å². The Balaban J connectivity index is 0.00000264. The van der Waals surface area contributed by atoms with Gasteiger partial charge in [0.05, 0.1) is 0 Å². The Labute approximate surface area is 139 Å². The molecule has 0 aromatic heterocycles. The Morgan fingerprint density at radius 3 is 2.52 bits per heavy atom. The first kappa shape index (κ1) is 20.0. The number of likely N-dealkylation sites (tertiary alicyclic amines) is 1. The third-order valence-electron chi connectivity index (χ3n) is 4.58. The highest BCUT2D eigenvalue weighted by molar-refractivity contribution is 6.00. The number of hydrogen-bond acceptors (Lipinski definition) is 3. The summed E-state index contributed by atoms with van der Waals surface area (Å²) in [6.45, 7) is 2.89. The van der Waals surface area contributed by atoms with Crippen LogP contribution >= 0.6 is 12.4 Å². The molecule has 0 saturated carbocycles. The Kier molecular flexibility index (Phi) is 6.70. The van der Waals surface area contributed by atoms with Crippen LogP contribution in [0.2, 0.25) is 0 Å². The smallest absolute Gasteiger partial charge is 0.344 e. The van der Waals surface area contributed by atoms with Crippen LogP contribution < -0.4 is 11.1 Å². The van der Waals surface area contributed by atoms with Gasteiger partial charge >= 0.3 is 6.18 Å². The molecule has 3 N–H and O–H groups in total. The summed E-state index contributed by atoms with van der Waals surface area (Å²) >= 11 is 0. The highest BCUT2D eigenvalue weighted by atomic mass is 35.5. The Hall–Kier alpha value is -1.02. The topological polar surface area (TPSA) is 75.4 Å². The van der Waals surface area contributed by atoms with Crippen LogP contribution in [0.4, 0.5) is 13.2 Å². The van der Waals surface area contributed by atoms with Crippen molar-refractivity contribution >= 4 is 24.2 Å². The normalized spacial score (nSPS) is 30.2. The molecule has 4 atom stereocenters. The SMILES string of the molecule is CC(N)C1CCCN(C(=O)C2CCC(C(F)(F)F)NC2=O)C1.Cl. The molecule has 0 aromatic rings. The van der Waals surface area contributed by atoms with Crippen molar-refractivity contribution in [2.45, 2.75) is 50.9 Å². The highest BCUT2D eigenvalue weighted by Crippen LogP contribution is 2.30. The lowest BCUT2D eigenvalue weighted by molar-refractivity contribution is -0.172. The van der Waals surface area contributed by atoms with Crippen LogP contribution in [0.1, 0.15) is 32.6 Å². The number of nitrogens with two attached hydrogens (primary N) is 1. The van der Waals surface area contributed by atoms with Crippen LogP contribution in [0.3, 0.4) is 0 Å². The van der Waals surface area contributed by atoms with Gasteiger partial charge < -0.3 is 16.0 Å². The van der Waals surface area contributed by atoms with E-state index in [1.807, 2.05) is 12.2 Å². The summed E-state index contributed by atoms with van der Waals surface area (Å²) in [5, 5.41) is 1.92. The van der Waals surface area contributed by atoms with E-state index in [9.17, 15) is 22.8 Å². The Bertz CT molecular complexity index is 445. The Morgan fingerprint density at radius 1 is 1.35 bits per heavy atom. The number of carbonyl (C=O) groups is 2. The van der Waals surface area contributed by atoms with E-state index in [4.69, 9.17) is 5.73 Å². The third kappa shape index (κ3) is 4.73. The van der Waals surface area contributed by atoms with Gasteiger partial charge in [-0.15, -0.1) is 12.4 Å². The molecule has 0 spiro atoms. The van der Waals surface area contributed by atoms with E-state index in [1.165, 1.54) is 0 Å². The van der Waals surface area contributed by atoms with E-state index in [-0.39, 0.29) is 43.1 Å². The molecule has 0 aromatic carbocycles. The molecule has 134 valence electrons. The summed E-state index contributed by atoms with van der Waals surface area (Å²) in [5.74, 6) is -2.03. The average molecular weight is 358 g/mol. The molecular weight excluding hydrogens is 335 g/mol. The molecular formula is C14H23ClF3N3O2. The molecule has 2 fully saturated rings. The largest absolute Gasteiger partial charge is 0.408 e. The fourth-order valence-electron chi connectivity index (χ4n) is 3.15. The van der Waals surface area contributed by atoms with Gasteiger partial charge in [-0.25, -0.2) is 0 Å². The van der Waals surface area contributed by atoms with E-state index >= 15 is 0 Å². The summed E-state index contributed by atoms with van der Waals surface area (Å²) < 4.78 is 37.8. The van der Waals surface area contributed by atoms with Crippen molar-refractivity contribution in [2.24, 2.45) is 17.6 Å². The van der Waals surface area contributed by atoms with Crippen LogP contribution in [-0.4, -0.2) is 48.1 Å². The van der Waals surface area contributed by atoms with Gasteiger partial charge in [0.15, 0.2) is 0 Å². The van der Waals surface area contributed by atoms with Gasteiger partial charge in [-0.05, 0) is 38.5 Å². The predicted octanol–water partition coefficient (Wildman–Crippen LogP) is 1.45. The zero-order valence-electron chi connectivity index (χ0n) is 12.9. The minimum absolute atomic E-state index is 0. The molecule has 2 aliphatic rings. The second kappa shape index (κ2) is 7.70. The summed E-state index contributed by atoms with van der Waals surface area (Å²) in [7, 11) is 0. The first-order valence-corrected chi connectivity index (χ1v) is 7.61. The van der Waals surface area contributed by atoms with Crippen LogP contribution in [-0.2, 0) is 9.59 Å². The van der Waals surface area contributed by atoms with Gasteiger partial charge in [0.25, 0.3) is 0 Å². The molecule has 2 amide bonds. The summed E-state index contributed by atoms with van der Waals surface area (Å²) in [4.78, 5) is 25.9. The lowest BCUT2D eigenvalue weighted by Gasteiger charge is -2.38. The fourth-order valence-corrected chi connectivity index (χ4v) is 3.15. The molecule has 0 radical (unpaired) electrons. The van der Waals surface area contributed by atoms with Gasteiger partial charge in [0.1, 0.15) is 12.0 Å². The van der Waals surface area contributed by atoms with Crippen LogP contribution in [0.5, 0.6) is 0 Å². The van der Waals surface area contributed by atoms with Crippen molar-refractivity contribution in [2.75, 3.05) is 13.1 Å². The Morgan fingerprint density at radius 2 is 2.00 bits per heavy atom. The number of carbonyl (C=O) groups excluding carboxylic acids is 2. The molecule has 9 heteroatoms. The van der Waals surface area contributed by atoms with Crippen LogP contribution in [0.15, 0.2) is 0 Å². The standard InChI is InChI=1S/C14H22F3N3O2.ClH/c1-8(18)9-3-2-6-20(7-9)13(22)10-4-5-11(14(15,16)17)19-12(10)21;/h8-11H,2-7,18H2,1H3,(H,19,21);1H. The van der Waals surface area contributed by atoms with Gasteiger partial charge in [0.2, 0.25) is 11.8 Å². The summed E-state index contributed by atoms with van der Waals surface area (Å²) in [5.41, 5.74) is 5.86. The third-order valence-corrected chi connectivity index (χ3v) is 4.58. The lowest BCUT2D eigenvalue weighted by atomic mass is 9.88. The number of rotatable bonds is 2. The maximum atomic E-state index is 12.6. The number of nitrogens with zero attached hydrogens (tertiary/aromatic N) is 1. The predicted molar refractivity (Wildman–Crippen MR) is 80.9 cm³/mol. The van der Waals surface area contributed by atoms with Crippen LogP contribution in [0, 0.1) is 11.8 Å². The van der Waals surface area contributed by atoms with E-state index in [2.05, 4.69) is 0 Å². The molecule has 2 aliphatic heterocycles. The van der Waals surface area contributed by atoms with E-state index in [1.54, 1.807) is 4.90 Å². The minimum Gasteiger partial charge on any atom is -0.344 e. The first-order chi connectivity index (χ1) is 10.2. The summed E-state index contributed by atoms with van der Waals surface area (Å²) in [6, 6.07) is -1.90. The summed E-state index contributed by atoms with van der Waals surface area (Å²) in [6.07, 6.45) is -3.05. The van der Waals surface area contributed by atoms with Crippen LogP contribution in [0.25, 0.3) is 0 Å². The fraction of sp³-hybridized carbons (Fsp3) is 0.857. The van der Waals surface area contributed by atoms with Crippen molar-refractivity contribution < 1.29 is 22.8 Å². The van der Waals surface area contributed by atoms with Crippen molar-refractivity contribution in [3.05, 3.63) is 0 Å². The number of piperidine rings is 2. The van der Waals surface area contributed by atoms with Gasteiger partial charge in [-0.1, -0.05) is 0 Å². The van der Waals surface area contributed by atoms with Gasteiger partial charge in [0, 0.05) is 19.1 Å². The molecule has 2 heterocycles. The second-order valence-corrected chi connectivity index (χ2v) is 6.28. The van der Waals surface area contributed by atoms with Gasteiger partial charge in [-0.3, -0.25) is 9.59 Å². The molecule has 0 bridgehead atoms. The quantitative estimate of drug-likeness (QED) is 0.734. The van der Waals surface area contributed by atoms with E-state index < -0.39 is 24.0 Å². The maximum Gasteiger partial charge on any atom is 0.408 e. The monoisotopic (exact) mass is 357 g/mol. The highest BCUT2D eigenvalue weighted by Gasteiger charge is 2.46. The second-order valence-electron chi connectivity index (χ2n) is 6.28. The van der Waals surface area contributed by atoms with Crippen molar-refractivity contribution in [3.63, 3.8) is 0 Å². The van der Waals surface area contributed by atoms with E-state index in [0.717, 1.165) is 12.8 Å².